The Morgan fingerprint density at radius 1 is 1.48 bits per heavy atom. The van der Waals surface area contributed by atoms with Crippen molar-refractivity contribution in [3.8, 4) is 0 Å². The Labute approximate surface area is 124 Å². The first kappa shape index (κ1) is 15.3. The van der Waals surface area contributed by atoms with Crippen molar-refractivity contribution in [1.29, 1.82) is 0 Å². The second kappa shape index (κ2) is 7.06. The molecule has 6 nitrogen and oxygen atoms in total. The maximum absolute atomic E-state index is 11.7. The summed E-state index contributed by atoms with van der Waals surface area (Å²) in [6.45, 7) is 6.45. The van der Waals surface area contributed by atoms with Gasteiger partial charge in [-0.15, -0.1) is 0 Å². The van der Waals surface area contributed by atoms with Gasteiger partial charge in [0, 0.05) is 17.4 Å². The van der Waals surface area contributed by atoms with E-state index in [4.69, 9.17) is 4.74 Å². The van der Waals surface area contributed by atoms with Gasteiger partial charge in [-0.05, 0) is 25.8 Å². The normalized spacial score (nSPS) is 12.3. The molecule has 0 aliphatic carbocycles. The summed E-state index contributed by atoms with van der Waals surface area (Å²) in [6, 6.07) is 2.01. The molecule has 2 aromatic rings. The largest absolute Gasteiger partial charge is 0.466 e. The minimum absolute atomic E-state index is 0.0363. The van der Waals surface area contributed by atoms with Gasteiger partial charge in [-0.2, -0.15) is 5.10 Å². The third kappa shape index (κ3) is 3.93. The molecule has 6 heteroatoms. The van der Waals surface area contributed by atoms with Crippen LogP contribution in [0.5, 0.6) is 0 Å². The number of ether oxygens (including phenoxy) is 1. The molecule has 1 atom stereocenters. The molecule has 0 amide bonds. The maximum atomic E-state index is 11.7. The van der Waals surface area contributed by atoms with Crippen LogP contribution in [0.1, 0.15) is 38.8 Å². The van der Waals surface area contributed by atoms with Crippen molar-refractivity contribution in [1.82, 2.24) is 15.2 Å². The molecule has 0 fully saturated rings. The van der Waals surface area contributed by atoms with E-state index in [1.54, 1.807) is 6.20 Å². The number of aromatic amines is 1. The predicted octanol–water partition coefficient (Wildman–Crippen LogP) is 2.80. The quantitative estimate of drug-likeness (QED) is 0.766. The molecule has 2 rings (SSSR count). The summed E-state index contributed by atoms with van der Waals surface area (Å²) in [6.07, 6.45) is 3.78. The maximum Gasteiger partial charge on any atom is 0.307 e. The number of fused-ring (bicyclic) bond motifs is 1. The van der Waals surface area contributed by atoms with E-state index >= 15 is 0 Å². The highest BCUT2D eigenvalue weighted by atomic mass is 16.5. The van der Waals surface area contributed by atoms with Crippen LogP contribution in [-0.4, -0.2) is 33.8 Å². The van der Waals surface area contributed by atoms with Gasteiger partial charge >= 0.3 is 5.97 Å². The van der Waals surface area contributed by atoms with Crippen LogP contribution in [-0.2, 0) is 9.53 Å². The molecular formula is C15H22N4O2. The van der Waals surface area contributed by atoms with Gasteiger partial charge in [-0.3, -0.25) is 9.89 Å². The topological polar surface area (TPSA) is 79.9 Å². The van der Waals surface area contributed by atoms with E-state index < -0.39 is 0 Å². The molecule has 21 heavy (non-hydrogen) atoms. The zero-order chi connectivity index (χ0) is 15.2. The minimum atomic E-state index is -0.162. The Morgan fingerprint density at radius 2 is 2.29 bits per heavy atom. The van der Waals surface area contributed by atoms with Crippen molar-refractivity contribution >= 4 is 22.7 Å². The molecule has 0 bridgehead atoms. The molecule has 0 saturated carbocycles. The number of nitrogens with zero attached hydrogens (tertiary/aromatic N) is 2. The number of carbonyl (C=O) groups is 1. The summed E-state index contributed by atoms with van der Waals surface area (Å²) in [4.78, 5) is 16.1. The van der Waals surface area contributed by atoms with Gasteiger partial charge in [0.05, 0.1) is 24.6 Å². The number of H-pyrrole nitrogens is 1. The van der Waals surface area contributed by atoms with Gasteiger partial charge in [0.2, 0.25) is 0 Å². The number of pyridine rings is 1. The van der Waals surface area contributed by atoms with E-state index in [0.29, 0.717) is 13.0 Å². The molecule has 0 radical (unpaired) electrons. The lowest BCUT2D eigenvalue weighted by Gasteiger charge is -2.18. The summed E-state index contributed by atoms with van der Waals surface area (Å²) < 4.78 is 5.15. The van der Waals surface area contributed by atoms with E-state index in [-0.39, 0.29) is 12.0 Å². The average Bonchev–Trinajstić information content (AvgIpc) is 2.92. The number of aryl methyl sites for hydroxylation is 1. The number of carbonyl (C=O) groups excluding carboxylic acids is 1. The first-order valence-electron chi connectivity index (χ1n) is 7.36. The van der Waals surface area contributed by atoms with Crippen LogP contribution >= 0.6 is 0 Å². The van der Waals surface area contributed by atoms with Crippen molar-refractivity contribution in [3.05, 3.63) is 18.0 Å². The van der Waals surface area contributed by atoms with Crippen molar-refractivity contribution in [3.63, 3.8) is 0 Å². The van der Waals surface area contributed by atoms with Crippen molar-refractivity contribution in [2.24, 2.45) is 0 Å². The van der Waals surface area contributed by atoms with E-state index in [0.717, 1.165) is 35.3 Å². The Hall–Kier alpha value is -2.11. The molecule has 0 aromatic carbocycles. The number of hydrogen-bond acceptors (Lipinski definition) is 5. The fourth-order valence-electron chi connectivity index (χ4n) is 2.17. The van der Waals surface area contributed by atoms with Crippen LogP contribution in [0.15, 0.2) is 12.3 Å². The van der Waals surface area contributed by atoms with E-state index in [9.17, 15) is 4.79 Å². The minimum Gasteiger partial charge on any atom is -0.466 e. The summed E-state index contributed by atoms with van der Waals surface area (Å²) >= 11 is 0. The number of nitrogens with one attached hydrogen (secondary N) is 2. The highest BCUT2D eigenvalue weighted by Gasteiger charge is 2.15. The summed E-state index contributed by atoms with van der Waals surface area (Å²) in [5.41, 5.74) is 2.60. The van der Waals surface area contributed by atoms with Gasteiger partial charge in [0.15, 0.2) is 5.65 Å². The average molecular weight is 290 g/mol. The lowest BCUT2D eigenvalue weighted by molar-refractivity contribution is -0.143. The lowest BCUT2D eigenvalue weighted by Crippen LogP contribution is -2.24. The molecule has 0 aliphatic rings. The highest BCUT2D eigenvalue weighted by molar-refractivity contribution is 5.88. The summed E-state index contributed by atoms with van der Waals surface area (Å²) in [5, 5.41) is 11.2. The van der Waals surface area contributed by atoms with Crippen LogP contribution < -0.4 is 5.32 Å². The van der Waals surface area contributed by atoms with Crippen molar-refractivity contribution in [2.75, 3.05) is 11.9 Å². The molecule has 2 heterocycles. The zero-order valence-electron chi connectivity index (χ0n) is 12.8. The van der Waals surface area contributed by atoms with E-state index in [1.165, 1.54) is 0 Å². The van der Waals surface area contributed by atoms with Crippen LogP contribution in [0.3, 0.4) is 0 Å². The number of aromatic nitrogens is 3. The van der Waals surface area contributed by atoms with Gasteiger partial charge < -0.3 is 10.1 Å². The predicted molar refractivity (Wildman–Crippen MR) is 82.2 cm³/mol. The van der Waals surface area contributed by atoms with Crippen LogP contribution in [0.25, 0.3) is 11.0 Å². The van der Waals surface area contributed by atoms with Gasteiger partial charge in [-0.25, -0.2) is 4.98 Å². The van der Waals surface area contributed by atoms with Crippen molar-refractivity contribution in [2.45, 2.75) is 46.1 Å². The van der Waals surface area contributed by atoms with Gasteiger partial charge in [0.25, 0.3) is 0 Å². The Morgan fingerprint density at radius 3 is 3.00 bits per heavy atom. The van der Waals surface area contributed by atoms with Crippen LogP contribution in [0.4, 0.5) is 5.69 Å². The molecule has 2 aromatic heterocycles. The van der Waals surface area contributed by atoms with E-state index in [1.807, 2.05) is 26.8 Å². The van der Waals surface area contributed by atoms with E-state index in [2.05, 4.69) is 20.5 Å². The van der Waals surface area contributed by atoms with Crippen LogP contribution in [0, 0.1) is 6.92 Å². The standard InChI is InChI=1S/C15H22N4O2/c1-4-6-21-14(20)8-11(5-2)18-13-7-10(3)17-15-12(13)9-16-19-15/h7,9,11H,4-6,8H2,1-3H3,(H2,16,17,18,19). The third-order valence-corrected chi connectivity index (χ3v) is 3.28. The highest BCUT2D eigenvalue weighted by Crippen LogP contribution is 2.23. The fourth-order valence-corrected chi connectivity index (χ4v) is 2.17. The molecule has 114 valence electrons. The first-order chi connectivity index (χ1) is 10.1. The van der Waals surface area contributed by atoms with Gasteiger partial charge in [0.1, 0.15) is 0 Å². The molecule has 0 spiro atoms. The number of anilines is 1. The molecule has 2 N–H and O–H groups in total. The Kier molecular flexibility index (Phi) is 5.14. The monoisotopic (exact) mass is 290 g/mol. The lowest BCUT2D eigenvalue weighted by atomic mass is 10.1. The second-order valence-corrected chi connectivity index (χ2v) is 5.12. The third-order valence-electron chi connectivity index (χ3n) is 3.28. The number of esters is 1. The van der Waals surface area contributed by atoms with Crippen molar-refractivity contribution < 1.29 is 9.53 Å². The molecular weight excluding hydrogens is 268 g/mol. The molecule has 0 saturated heterocycles. The zero-order valence-corrected chi connectivity index (χ0v) is 12.8. The smallest absolute Gasteiger partial charge is 0.307 e. The SMILES string of the molecule is CCCOC(=O)CC(CC)Nc1cc(C)nc2[nH]ncc12. The first-order valence-corrected chi connectivity index (χ1v) is 7.36. The molecule has 0 aliphatic heterocycles. The molecule has 1 unspecified atom stereocenters. The Balaban J connectivity index is 2.09. The summed E-state index contributed by atoms with van der Waals surface area (Å²) in [7, 11) is 0. The van der Waals surface area contributed by atoms with Crippen LogP contribution in [0.2, 0.25) is 0 Å². The number of rotatable bonds is 7. The van der Waals surface area contributed by atoms with Gasteiger partial charge in [-0.1, -0.05) is 13.8 Å². The Bertz CT molecular complexity index is 609. The number of hydrogen-bond donors (Lipinski definition) is 2. The fraction of sp³-hybridized carbons (Fsp3) is 0.533. The second-order valence-electron chi connectivity index (χ2n) is 5.12. The summed E-state index contributed by atoms with van der Waals surface area (Å²) in [5.74, 6) is -0.162.